The van der Waals surface area contributed by atoms with E-state index in [2.05, 4.69) is 0 Å². The lowest BCUT2D eigenvalue weighted by Crippen LogP contribution is -2.43. The van der Waals surface area contributed by atoms with Gasteiger partial charge in [0.15, 0.2) is 0 Å². The van der Waals surface area contributed by atoms with Crippen LogP contribution in [0, 0.1) is 5.82 Å². The summed E-state index contributed by atoms with van der Waals surface area (Å²) in [4.78, 5) is 15.3. The SMILES string of the molecule is CN1C(=O)[C@@H](N)COc2cc(N3CCCC3)c(F)cc21. The van der Waals surface area contributed by atoms with Crippen LogP contribution in [0.3, 0.4) is 0 Å². The first-order valence-electron chi connectivity index (χ1n) is 6.82. The van der Waals surface area contributed by atoms with Crippen LogP contribution < -0.4 is 20.3 Å². The van der Waals surface area contributed by atoms with Gasteiger partial charge in [0.25, 0.3) is 0 Å². The Morgan fingerprint density at radius 1 is 1.30 bits per heavy atom. The molecular weight excluding hydrogens is 261 g/mol. The van der Waals surface area contributed by atoms with Crippen molar-refractivity contribution in [2.45, 2.75) is 18.9 Å². The molecule has 0 aromatic heterocycles. The zero-order valence-corrected chi connectivity index (χ0v) is 11.4. The topological polar surface area (TPSA) is 58.8 Å². The average molecular weight is 279 g/mol. The van der Waals surface area contributed by atoms with Gasteiger partial charge in [-0.3, -0.25) is 4.79 Å². The Balaban J connectivity index is 2.02. The van der Waals surface area contributed by atoms with Gasteiger partial charge in [-0.15, -0.1) is 0 Å². The Bertz CT molecular complexity index is 543. The predicted molar refractivity (Wildman–Crippen MR) is 74.7 cm³/mol. The van der Waals surface area contributed by atoms with E-state index in [1.807, 2.05) is 4.90 Å². The third-order valence-electron chi connectivity index (χ3n) is 3.90. The molecule has 0 radical (unpaired) electrons. The molecule has 108 valence electrons. The molecule has 2 heterocycles. The van der Waals surface area contributed by atoms with Gasteiger partial charge in [-0.2, -0.15) is 0 Å². The Morgan fingerprint density at radius 2 is 2.00 bits per heavy atom. The van der Waals surface area contributed by atoms with Crippen molar-refractivity contribution in [1.29, 1.82) is 0 Å². The summed E-state index contributed by atoms with van der Waals surface area (Å²) in [5.74, 6) is -0.0847. The van der Waals surface area contributed by atoms with E-state index in [0.29, 0.717) is 17.1 Å². The highest BCUT2D eigenvalue weighted by atomic mass is 19.1. The van der Waals surface area contributed by atoms with Gasteiger partial charge in [0.05, 0.1) is 11.4 Å². The van der Waals surface area contributed by atoms with E-state index in [4.69, 9.17) is 10.5 Å². The number of rotatable bonds is 1. The molecule has 3 rings (SSSR count). The van der Waals surface area contributed by atoms with Gasteiger partial charge in [-0.25, -0.2) is 4.39 Å². The van der Waals surface area contributed by atoms with Gasteiger partial charge in [-0.1, -0.05) is 0 Å². The maximum atomic E-state index is 14.3. The van der Waals surface area contributed by atoms with Gasteiger partial charge < -0.3 is 20.3 Å². The Labute approximate surface area is 117 Å². The second kappa shape index (κ2) is 4.94. The minimum atomic E-state index is -0.717. The van der Waals surface area contributed by atoms with Crippen molar-refractivity contribution in [3.8, 4) is 5.75 Å². The van der Waals surface area contributed by atoms with Crippen molar-refractivity contribution in [2.75, 3.05) is 36.5 Å². The number of nitrogens with two attached hydrogens (primary N) is 1. The number of hydrogen-bond acceptors (Lipinski definition) is 4. The number of anilines is 2. The fraction of sp³-hybridized carbons (Fsp3) is 0.500. The number of ether oxygens (including phenoxy) is 1. The number of fused-ring (bicyclic) bond motifs is 1. The first-order valence-corrected chi connectivity index (χ1v) is 6.82. The summed E-state index contributed by atoms with van der Waals surface area (Å²) in [6.45, 7) is 1.81. The van der Waals surface area contributed by atoms with Crippen LogP contribution in [0.5, 0.6) is 5.75 Å². The van der Waals surface area contributed by atoms with Crippen molar-refractivity contribution < 1.29 is 13.9 Å². The van der Waals surface area contributed by atoms with E-state index in [0.717, 1.165) is 25.9 Å². The van der Waals surface area contributed by atoms with E-state index >= 15 is 0 Å². The number of halogens is 1. The number of carbonyl (C=O) groups is 1. The molecule has 2 aliphatic rings. The summed E-state index contributed by atoms with van der Waals surface area (Å²) in [6, 6.07) is 2.32. The monoisotopic (exact) mass is 279 g/mol. The predicted octanol–water partition coefficient (Wildman–Crippen LogP) is 1.11. The quantitative estimate of drug-likeness (QED) is 0.836. The van der Waals surface area contributed by atoms with E-state index < -0.39 is 6.04 Å². The van der Waals surface area contributed by atoms with Crippen LogP contribution in [0.2, 0.25) is 0 Å². The summed E-state index contributed by atoms with van der Waals surface area (Å²) in [5.41, 5.74) is 6.70. The summed E-state index contributed by atoms with van der Waals surface area (Å²) >= 11 is 0. The first-order chi connectivity index (χ1) is 9.58. The minimum Gasteiger partial charge on any atom is -0.489 e. The minimum absolute atomic E-state index is 0.112. The zero-order valence-electron chi connectivity index (χ0n) is 11.4. The smallest absolute Gasteiger partial charge is 0.247 e. The van der Waals surface area contributed by atoms with Crippen LogP contribution in [0.1, 0.15) is 12.8 Å². The van der Waals surface area contributed by atoms with Gasteiger partial charge in [0.2, 0.25) is 5.91 Å². The molecule has 1 fully saturated rings. The summed E-state index contributed by atoms with van der Waals surface area (Å²) in [6.07, 6.45) is 2.14. The molecule has 5 nitrogen and oxygen atoms in total. The lowest BCUT2D eigenvalue weighted by atomic mass is 10.2. The van der Waals surface area contributed by atoms with Crippen molar-refractivity contribution >= 4 is 17.3 Å². The summed E-state index contributed by atoms with van der Waals surface area (Å²) in [7, 11) is 1.59. The van der Waals surface area contributed by atoms with E-state index in [1.165, 1.54) is 11.0 Å². The molecule has 0 aliphatic carbocycles. The van der Waals surface area contributed by atoms with Gasteiger partial charge >= 0.3 is 0 Å². The molecule has 1 aromatic carbocycles. The van der Waals surface area contributed by atoms with Crippen LogP contribution >= 0.6 is 0 Å². The van der Waals surface area contributed by atoms with Crippen LogP contribution in [0.4, 0.5) is 15.8 Å². The molecule has 1 atom stereocenters. The highest BCUT2D eigenvalue weighted by molar-refractivity contribution is 5.99. The third-order valence-corrected chi connectivity index (χ3v) is 3.90. The zero-order chi connectivity index (χ0) is 14.3. The molecule has 0 saturated carbocycles. The molecule has 1 aromatic rings. The maximum absolute atomic E-state index is 14.3. The van der Waals surface area contributed by atoms with E-state index in [1.54, 1.807) is 13.1 Å². The number of hydrogen-bond donors (Lipinski definition) is 1. The highest BCUT2D eigenvalue weighted by Gasteiger charge is 2.29. The molecule has 2 aliphatic heterocycles. The molecule has 1 amide bonds. The third kappa shape index (κ3) is 2.10. The maximum Gasteiger partial charge on any atom is 0.247 e. The number of carbonyl (C=O) groups excluding carboxylic acids is 1. The van der Waals surface area contributed by atoms with Crippen LogP contribution in [0.15, 0.2) is 12.1 Å². The molecule has 2 N–H and O–H groups in total. The van der Waals surface area contributed by atoms with E-state index in [9.17, 15) is 9.18 Å². The fourth-order valence-corrected chi connectivity index (χ4v) is 2.73. The van der Waals surface area contributed by atoms with E-state index in [-0.39, 0.29) is 18.3 Å². The van der Waals surface area contributed by atoms with Crippen molar-refractivity contribution in [3.63, 3.8) is 0 Å². The highest BCUT2D eigenvalue weighted by Crippen LogP contribution is 2.37. The summed E-state index contributed by atoms with van der Waals surface area (Å²) < 4.78 is 19.9. The van der Waals surface area contributed by atoms with Crippen molar-refractivity contribution in [3.05, 3.63) is 17.9 Å². The molecule has 1 saturated heterocycles. The second-order valence-electron chi connectivity index (χ2n) is 5.28. The first kappa shape index (κ1) is 13.2. The Hall–Kier alpha value is -1.82. The van der Waals surface area contributed by atoms with Gasteiger partial charge in [0.1, 0.15) is 24.2 Å². The van der Waals surface area contributed by atoms with Gasteiger partial charge in [-0.05, 0) is 12.8 Å². The fourth-order valence-electron chi connectivity index (χ4n) is 2.73. The molecule has 20 heavy (non-hydrogen) atoms. The van der Waals surface area contributed by atoms with Crippen molar-refractivity contribution in [1.82, 2.24) is 0 Å². The number of benzene rings is 1. The normalized spacial score (nSPS) is 22.6. The second-order valence-corrected chi connectivity index (χ2v) is 5.28. The van der Waals surface area contributed by atoms with Crippen LogP contribution in [-0.2, 0) is 4.79 Å². The molecular formula is C14H18FN3O2. The average Bonchev–Trinajstić information content (AvgIpc) is 2.94. The van der Waals surface area contributed by atoms with Gasteiger partial charge in [0, 0.05) is 32.3 Å². The molecule has 0 bridgehead atoms. The molecule has 0 spiro atoms. The largest absolute Gasteiger partial charge is 0.489 e. The Morgan fingerprint density at radius 3 is 2.70 bits per heavy atom. The van der Waals surface area contributed by atoms with Crippen molar-refractivity contribution in [2.24, 2.45) is 5.73 Å². The standard InChI is InChI=1S/C14H18FN3O2/c1-17-12-6-9(15)11(18-4-2-3-5-18)7-13(12)20-8-10(16)14(17)19/h6-7,10H,2-5,8,16H2,1H3/t10-/m0/s1. The Kier molecular flexibility index (Phi) is 3.25. The summed E-state index contributed by atoms with van der Waals surface area (Å²) in [5, 5.41) is 0. The lowest BCUT2D eigenvalue weighted by Gasteiger charge is -2.22. The van der Waals surface area contributed by atoms with Crippen LogP contribution in [0.25, 0.3) is 0 Å². The lowest BCUT2D eigenvalue weighted by molar-refractivity contribution is -0.119. The molecule has 6 heteroatoms. The van der Waals surface area contributed by atoms with Crippen LogP contribution in [-0.4, -0.2) is 38.7 Å². The number of amides is 1. The molecule has 0 unspecified atom stereocenters. The number of likely N-dealkylation sites (N-methyl/N-ethyl adjacent to an activating group) is 1. The number of nitrogens with zero attached hydrogens (tertiary/aromatic N) is 2.